The van der Waals surface area contributed by atoms with Gasteiger partial charge in [-0.15, -0.1) is 16.4 Å². The van der Waals surface area contributed by atoms with E-state index in [1.54, 1.807) is 19.1 Å². The predicted molar refractivity (Wildman–Crippen MR) is 89.7 cm³/mol. The maximum atomic E-state index is 12.4. The quantitative estimate of drug-likeness (QED) is 0.737. The first-order valence-electron chi connectivity index (χ1n) is 7.07. The molecule has 1 N–H and O–H groups in total. The third kappa shape index (κ3) is 3.18. The molecule has 24 heavy (non-hydrogen) atoms. The number of methoxy groups -OCH3 is 1. The second-order valence-electron chi connectivity index (χ2n) is 4.87. The third-order valence-corrected chi connectivity index (χ3v) is 4.19. The van der Waals surface area contributed by atoms with Crippen molar-refractivity contribution in [2.45, 2.75) is 6.92 Å². The highest BCUT2D eigenvalue weighted by Crippen LogP contribution is 2.23. The van der Waals surface area contributed by atoms with Crippen LogP contribution in [0.3, 0.4) is 0 Å². The largest absolute Gasteiger partial charge is 0.465 e. The number of ether oxygens (including phenoxy) is 1. The molecule has 1 aromatic carbocycles. The Morgan fingerprint density at radius 1 is 1.12 bits per heavy atom. The van der Waals surface area contributed by atoms with Crippen molar-refractivity contribution >= 4 is 28.2 Å². The van der Waals surface area contributed by atoms with E-state index in [1.165, 1.54) is 11.9 Å². The number of rotatable bonds is 4. The molecule has 3 aromatic rings. The molecule has 122 valence electrons. The van der Waals surface area contributed by atoms with Gasteiger partial charge in [0, 0.05) is 0 Å². The smallest absolute Gasteiger partial charge is 0.348 e. The summed E-state index contributed by atoms with van der Waals surface area (Å²) in [4.78, 5) is 25.7. The zero-order valence-electron chi connectivity index (χ0n) is 13.0. The van der Waals surface area contributed by atoms with Gasteiger partial charge in [-0.3, -0.25) is 4.79 Å². The van der Waals surface area contributed by atoms with Crippen molar-refractivity contribution in [3.63, 3.8) is 0 Å². The van der Waals surface area contributed by atoms with Crippen molar-refractivity contribution < 1.29 is 14.3 Å². The number of esters is 1. The number of amides is 1. The van der Waals surface area contributed by atoms with Crippen molar-refractivity contribution in [3.05, 3.63) is 58.7 Å². The van der Waals surface area contributed by atoms with Crippen LogP contribution < -0.4 is 5.32 Å². The summed E-state index contributed by atoms with van der Waals surface area (Å²) in [5, 5.41) is 11.8. The van der Waals surface area contributed by atoms with Gasteiger partial charge in [0.15, 0.2) is 5.69 Å². The van der Waals surface area contributed by atoms with Crippen molar-refractivity contribution in [1.29, 1.82) is 0 Å². The zero-order chi connectivity index (χ0) is 17.1. The highest BCUT2D eigenvalue weighted by Gasteiger charge is 2.18. The van der Waals surface area contributed by atoms with Crippen molar-refractivity contribution in [3.8, 4) is 5.69 Å². The van der Waals surface area contributed by atoms with Gasteiger partial charge in [0.2, 0.25) is 0 Å². The van der Waals surface area contributed by atoms with E-state index in [4.69, 9.17) is 0 Å². The molecule has 0 aliphatic carbocycles. The number of carbonyl (C=O) groups is 2. The standard InChI is InChI=1S/C16H14N4O3S/c1-10-14(19-20(18-10)11-6-4-3-5-7-11)15(21)17-13-9-8-12(24-13)16(22)23-2/h3-9H,1-2H3,(H,17,21). The third-order valence-electron chi connectivity index (χ3n) is 3.21. The van der Waals surface area contributed by atoms with Gasteiger partial charge in [-0.05, 0) is 31.2 Å². The monoisotopic (exact) mass is 342 g/mol. The molecule has 2 aromatic heterocycles. The van der Waals surface area contributed by atoms with Crippen LogP contribution in [0, 0.1) is 6.92 Å². The number of aryl methyl sites for hydroxylation is 1. The van der Waals surface area contributed by atoms with Crippen LogP contribution in [0.5, 0.6) is 0 Å². The Kier molecular flexibility index (Phi) is 4.39. The average molecular weight is 342 g/mol. The molecule has 0 radical (unpaired) electrons. The van der Waals surface area contributed by atoms with E-state index >= 15 is 0 Å². The number of nitrogens with one attached hydrogen (secondary N) is 1. The Morgan fingerprint density at radius 2 is 1.88 bits per heavy atom. The van der Waals surface area contributed by atoms with Gasteiger partial charge in [-0.2, -0.15) is 9.90 Å². The molecule has 0 aliphatic heterocycles. The van der Waals surface area contributed by atoms with E-state index in [0.717, 1.165) is 17.0 Å². The van der Waals surface area contributed by atoms with Crippen molar-refractivity contribution in [1.82, 2.24) is 15.0 Å². The molecule has 0 saturated heterocycles. The summed E-state index contributed by atoms with van der Waals surface area (Å²) in [5.74, 6) is -0.820. The molecule has 0 unspecified atom stereocenters. The molecule has 0 fully saturated rings. The first-order chi connectivity index (χ1) is 11.6. The van der Waals surface area contributed by atoms with Crippen LogP contribution in [-0.2, 0) is 4.74 Å². The number of hydrogen-bond donors (Lipinski definition) is 1. The SMILES string of the molecule is COC(=O)c1ccc(NC(=O)c2nn(-c3ccccc3)nc2C)s1. The van der Waals surface area contributed by atoms with Gasteiger partial charge in [0.25, 0.3) is 5.91 Å². The molecule has 8 heteroatoms. The van der Waals surface area contributed by atoms with Crippen LogP contribution >= 0.6 is 11.3 Å². The average Bonchev–Trinajstić information content (AvgIpc) is 3.21. The normalized spacial score (nSPS) is 10.4. The van der Waals surface area contributed by atoms with Gasteiger partial charge in [-0.25, -0.2) is 4.79 Å². The first kappa shape index (κ1) is 15.9. The summed E-state index contributed by atoms with van der Waals surface area (Å²) in [5.41, 5.74) is 1.51. The Hall–Kier alpha value is -3.00. The van der Waals surface area contributed by atoms with Crippen LogP contribution in [-0.4, -0.2) is 34.0 Å². The number of benzene rings is 1. The Bertz CT molecular complexity index is 886. The second kappa shape index (κ2) is 6.63. The minimum atomic E-state index is -0.438. The lowest BCUT2D eigenvalue weighted by molar-refractivity contribution is 0.0606. The minimum absolute atomic E-state index is 0.229. The Labute approximate surface area is 141 Å². The molecule has 7 nitrogen and oxygen atoms in total. The molecule has 0 saturated carbocycles. The van der Waals surface area contributed by atoms with Crippen LogP contribution in [0.25, 0.3) is 5.69 Å². The molecule has 1 amide bonds. The van der Waals surface area contributed by atoms with Gasteiger partial charge in [-0.1, -0.05) is 18.2 Å². The maximum absolute atomic E-state index is 12.4. The van der Waals surface area contributed by atoms with E-state index in [9.17, 15) is 9.59 Å². The zero-order valence-corrected chi connectivity index (χ0v) is 13.8. The highest BCUT2D eigenvalue weighted by molar-refractivity contribution is 7.18. The van der Waals surface area contributed by atoms with E-state index < -0.39 is 5.97 Å². The molecule has 0 aliphatic rings. The number of thiophene rings is 1. The first-order valence-corrected chi connectivity index (χ1v) is 7.89. The molecule has 0 bridgehead atoms. The van der Waals surface area contributed by atoms with Crippen LogP contribution in [0.1, 0.15) is 25.9 Å². The minimum Gasteiger partial charge on any atom is -0.465 e. The fourth-order valence-corrected chi connectivity index (χ4v) is 2.87. The number of carbonyl (C=O) groups excluding carboxylic acids is 2. The Balaban J connectivity index is 1.79. The topological polar surface area (TPSA) is 86.1 Å². The fourth-order valence-electron chi connectivity index (χ4n) is 2.05. The lowest BCUT2D eigenvalue weighted by Crippen LogP contribution is -2.13. The number of anilines is 1. The summed E-state index contributed by atoms with van der Waals surface area (Å²) in [6.07, 6.45) is 0. The summed E-state index contributed by atoms with van der Waals surface area (Å²) in [6.45, 7) is 1.72. The molecule has 0 atom stereocenters. The van der Waals surface area contributed by atoms with E-state index in [-0.39, 0.29) is 11.6 Å². The summed E-state index contributed by atoms with van der Waals surface area (Å²) >= 11 is 1.14. The van der Waals surface area contributed by atoms with Gasteiger partial charge >= 0.3 is 5.97 Å². The van der Waals surface area contributed by atoms with Crippen LogP contribution in [0.2, 0.25) is 0 Å². The fraction of sp³-hybridized carbons (Fsp3) is 0.125. The van der Waals surface area contributed by atoms with Crippen LogP contribution in [0.15, 0.2) is 42.5 Å². The van der Waals surface area contributed by atoms with Crippen LogP contribution in [0.4, 0.5) is 5.00 Å². The number of hydrogen-bond acceptors (Lipinski definition) is 6. The summed E-state index contributed by atoms with van der Waals surface area (Å²) in [6, 6.07) is 12.6. The van der Waals surface area contributed by atoms with Crippen molar-refractivity contribution in [2.75, 3.05) is 12.4 Å². The predicted octanol–water partition coefficient (Wildman–Crippen LogP) is 2.68. The molecule has 3 rings (SSSR count). The lowest BCUT2D eigenvalue weighted by Gasteiger charge is -1.99. The van der Waals surface area contributed by atoms with E-state index in [2.05, 4.69) is 20.3 Å². The Morgan fingerprint density at radius 3 is 2.58 bits per heavy atom. The molecular weight excluding hydrogens is 328 g/mol. The molecular formula is C16H14N4O3S. The lowest BCUT2D eigenvalue weighted by atomic mass is 10.3. The van der Waals surface area contributed by atoms with E-state index in [0.29, 0.717) is 15.6 Å². The van der Waals surface area contributed by atoms with E-state index in [1.807, 2.05) is 30.3 Å². The number of aromatic nitrogens is 3. The number of para-hydroxylation sites is 1. The summed E-state index contributed by atoms with van der Waals surface area (Å²) < 4.78 is 4.64. The van der Waals surface area contributed by atoms with Gasteiger partial charge < -0.3 is 10.1 Å². The summed E-state index contributed by atoms with van der Waals surface area (Å²) in [7, 11) is 1.31. The van der Waals surface area contributed by atoms with Gasteiger partial charge in [0.05, 0.1) is 23.5 Å². The number of nitrogens with zero attached hydrogens (tertiary/aromatic N) is 3. The molecule has 2 heterocycles. The highest BCUT2D eigenvalue weighted by atomic mass is 32.1. The van der Waals surface area contributed by atoms with Crippen molar-refractivity contribution in [2.24, 2.45) is 0 Å². The molecule has 0 spiro atoms. The second-order valence-corrected chi connectivity index (χ2v) is 5.95. The maximum Gasteiger partial charge on any atom is 0.348 e. The van der Waals surface area contributed by atoms with Gasteiger partial charge in [0.1, 0.15) is 4.88 Å².